The number of piperidine rings is 1. The lowest BCUT2D eigenvalue weighted by Crippen LogP contribution is -2.44. The van der Waals surface area contributed by atoms with Crippen molar-refractivity contribution in [3.8, 4) is 0 Å². The molecule has 0 radical (unpaired) electrons. The highest BCUT2D eigenvalue weighted by Gasteiger charge is 2.25. The molecule has 0 aliphatic carbocycles. The largest absolute Gasteiger partial charge is 0.387 e. The number of nitrogens with zero attached hydrogens (tertiary/aromatic N) is 3. The average Bonchev–Trinajstić information content (AvgIpc) is 2.46. The lowest BCUT2D eigenvalue weighted by atomic mass is 10.0. The van der Waals surface area contributed by atoms with Gasteiger partial charge < -0.3 is 15.1 Å². The summed E-state index contributed by atoms with van der Waals surface area (Å²) in [5, 5.41) is 3.09. The molecule has 0 saturated carbocycles. The summed E-state index contributed by atoms with van der Waals surface area (Å²) in [6.07, 6.45) is 3.75. The number of carbonyl (C=O) groups is 1. The predicted octanol–water partition coefficient (Wildman–Crippen LogP) is 1.60. The second kappa shape index (κ2) is 6.22. The van der Waals surface area contributed by atoms with Crippen LogP contribution in [0.5, 0.6) is 0 Å². The second-order valence-electron chi connectivity index (χ2n) is 5.61. The highest BCUT2D eigenvalue weighted by Crippen LogP contribution is 2.21. The Morgan fingerprint density at radius 1 is 1.40 bits per heavy atom. The number of aryl methyl sites for hydroxylation is 1. The molecular formula is C15H24N4O. The maximum Gasteiger partial charge on any atom is 0.257 e. The van der Waals surface area contributed by atoms with Crippen molar-refractivity contribution in [1.29, 1.82) is 0 Å². The van der Waals surface area contributed by atoms with E-state index in [0.717, 1.165) is 37.3 Å². The van der Waals surface area contributed by atoms with Crippen molar-refractivity contribution in [2.45, 2.75) is 25.8 Å². The zero-order chi connectivity index (χ0) is 14.7. The number of anilines is 1. The number of aromatic nitrogens is 1. The average molecular weight is 276 g/mol. The molecule has 2 heterocycles. The minimum absolute atomic E-state index is 0.0825. The SMILES string of the molecule is CNc1cc(C)ncc1C(=O)N1CCC(N(C)C)CC1. The number of nitrogens with one attached hydrogen (secondary N) is 1. The van der Waals surface area contributed by atoms with Crippen molar-refractivity contribution in [3.05, 3.63) is 23.5 Å². The van der Waals surface area contributed by atoms with Crippen LogP contribution in [0.4, 0.5) is 5.69 Å². The third kappa shape index (κ3) is 3.10. The summed E-state index contributed by atoms with van der Waals surface area (Å²) in [6.45, 7) is 3.56. The maximum absolute atomic E-state index is 12.6. The Balaban J connectivity index is 2.09. The summed E-state index contributed by atoms with van der Waals surface area (Å²) >= 11 is 0. The molecule has 1 N–H and O–H groups in total. The quantitative estimate of drug-likeness (QED) is 0.911. The summed E-state index contributed by atoms with van der Waals surface area (Å²) in [5.41, 5.74) is 2.44. The van der Waals surface area contributed by atoms with Gasteiger partial charge in [-0.05, 0) is 39.9 Å². The highest BCUT2D eigenvalue weighted by atomic mass is 16.2. The van der Waals surface area contributed by atoms with Gasteiger partial charge in [0.15, 0.2) is 0 Å². The van der Waals surface area contributed by atoms with Gasteiger partial charge in [0.25, 0.3) is 5.91 Å². The summed E-state index contributed by atoms with van der Waals surface area (Å²) in [4.78, 5) is 21.0. The van der Waals surface area contributed by atoms with Crippen LogP contribution in [0.2, 0.25) is 0 Å². The molecule has 110 valence electrons. The van der Waals surface area contributed by atoms with E-state index in [0.29, 0.717) is 11.6 Å². The molecule has 1 amide bonds. The van der Waals surface area contributed by atoms with E-state index in [1.54, 1.807) is 6.20 Å². The molecule has 1 fully saturated rings. The summed E-state index contributed by atoms with van der Waals surface area (Å²) in [6, 6.07) is 2.50. The topological polar surface area (TPSA) is 48.5 Å². The number of amides is 1. The van der Waals surface area contributed by atoms with Crippen molar-refractivity contribution in [3.63, 3.8) is 0 Å². The van der Waals surface area contributed by atoms with Gasteiger partial charge in [0.05, 0.1) is 11.3 Å². The van der Waals surface area contributed by atoms with Crippen LogP contribution in [-0.4, -0.2) is 61.0 Å². The molecule has 0 atom stereocenters. The van der Waals surface area contributed by atoms with Crippen LogP contribution >= 0.6 is 0 Å². The molecule has 0 unspecified atom stereocenters. The van der Waals surface area contributed by atoms with E-state index in [1.807, 2.05) is 24.9 Å². The molecule has 0 spiro atoms. The van der Waals surface area contributed by atoms with Gasteiger partial charge in [-0.3, -0.25) is 9.78 Å². The molecule has 2 rings (SSSR count). The number of likely N-dealkylation sites (tertiary alicyclic amines) is 1. The molecule has 0 aromatic carbocycles. The standard InChI is InChI=1S/C15H24N4O/c1-11-9-14(16-2)13(10-17-11)15(20)19-7-5-12(6-8-19)18(3)4/h9-10,12H,5-8H2,1-4H3,(H,16,17). The molecule has 1 aliphatic rings. The van der Waals surface area contributed by atoms with Gasteiger partial charge in [0.1, 0.15) is 0 Å². The molecule has 1 aromatic heterocycles. The van der Waals surface area contributed by atoms with Crippen LogP contribution < -0.4 is 5.32 Å². The Hall–Kier alpha value is -1.62. The van der Waals surface area contributed by atoms with Crippen molar-refractivity contribution >= 4 is 11.6 Å². The normalized spacial score (nSPS) is 16.6. The second-order valence-corrected chi connectivity index (χ2v) is 5.61. The lowest BCUT2D eigenvalue weighted by molar-refractivity contribution is 0.0664. The Morgan fingerprint density at radius 2 is 2.05 bits per heavy atom. The van der Waals surface area contributed by atoms with Crippen molar-refractivity contribution < 1.29 is 4.79 Å². The van der Waals surface area contributed by atoms with Gasteiger partial charge in [0.2, 0.25) is 0 Å². The highest BCUT2D eigenvalue weighted by molar-refractivity contribution is 5.99. The van der Waals surface area contributed by atoms with E-state index in [1.165, 1.54) is 0 Å². The van der Waals surface area contributed by atoms with Crippen LogP contribution in [0.3, 0.4) is 0 Å². The first-order valence-electron chi connectivity index (χ1n) is 7.13. The molecule has 5 heteroatoms. The Kier molecular flexibility index (Phi) is 4.60. The predicted molar refractivity (Wildman–Crippen MR) is 81.1 cm³/mol. The fraction of sp³-hybridized carbons (Fsp3) is 0.600. The van der Waals surface area contributed by atoms with E-state index in [-0.39, 0.29) is 5.91 Å². The van der Waals surface area contributed by atoms with Gasteiger partial charge in [-0.15, -0.1) is 0 Å². The fourth-order valence-corrected chi connectivity index (χ4v) is 2.69. The Labute approximate surface area is 121 Å². The van der Waals surface area contributed by atoms with Crippen LogP contribution in [-0.2, 0) is 0 Å². The summed E-state index contributed by atoms with van der Waals surface area (Å²) in [7, 11) is 6.04. The maximum atomic E-state index is 12.6. The van der Waals surface area contributed by atoms with Gasteiger partial charge >= 0.3 is 0 Å². The zero-order valence-electron chi connectivity index (χ0n) is 12.8. The van der Waals surface area contributed by atoms with Gasteiger partial charge in [-0.25, -0.2) is 0 Å². The summed E-state index contributed by atoms with van der Waals surface area (Å²) < 4.78 is 0. The van der Waals surface area contributed by atoms with Crippen LogP contribution in [0.25, 0.3) is 0 Å². The van der Waals surface area contributed by atoms with E-state index in [9.17, 15) is 4.79 Å². The molecule has 20 heavy (non-hydrogen) atoms. The minimum atomic E-state index is 0.0825. The van der Waals surface area contributed by atoms with Gasteiger partial charge in [0, 0.05) is 38.1 Å². The number of pyridine rings is 1. The first kappa shape index (κ1) is 14.8. The van der Waals surface area contributed by atoms with Crippen LogP contribution in [0.1, 0.15) is 28.9 Å². The van der Waals surface area contributed by atoms with E-state index < -0.39 is 0 Å². The first-order valence-corrected chi connectivity index (χ1v) is 7.13. The smallest absolute Gasteiger partial charge is 0.257 e. The monoisotopic (exact) mass is 276 g/mol. The molecule has 0 bridgehead atoms. The van der Waals surface area contributed by atoms with Crippen molar-refractivity contribution in [1.82, 2.24) is 14.8 Å². The molecule has 1 aliphatic heterocycles. The van der Waals surface area contributed by atoms with E-state index in [2.05, 4.69) is 29.3 Å². The minimum Gasteiger partial charge on any atom is -0.387 e. The third-order valence-corrected chi connectivity index (χ3v) is 4.02. The van der Waals surface area contributed by atoms with Crippen molar-refractivity contribution in [2.75, 3.05) is 39.5 Å². The molecule has 1 aromatic rings. The van der Waals surface area contributed by atoms with E-state index in [4.69, 9.17) is 0 Å². The third-order valence-electron chi connectivity index (χ3n) is 4.02. The van der Waals surface area contributed by atoms with Gasteiger partial charge in [-0.1, -0.05) is 0 Å². The number of hydrogen-bond acceptors (Lipinski definition) is 4. The van der Waals surface area contributed by atoms with Crippen LogP contribution in [0.15, 0.2) is 12.3 Å². The Bertz CT molecular complexity index is 479. The van der Waals surface area contributed by atoms with Gasteiger partial charge in [-0.2, -0.15) is 0 Å². The fourth-order valence-electron chi connectivity index (χ4n) is 2.69. The molecular weight excluding hydrogens is 252 g/mol. The van der Waals surface area contributed by atoms with E-state index >= 15 is 0 Å². The number of rotatable bonds is 3. The number of carbonyl (C=O) groups excluding carboxylic acids is 1. The zero-order valence-corrected chi connectivity index (χ0v) is 12.8. The lowest BCUT2D eigenvalue weighted by Gasteiger charge is -2.35. The Morgan fingerprint density at radius 3 is 2.60 bits per heavy atom. The number of hydrogen-bond donors (Lipinski definition) is 1. The molecule has 1 saturated heterocycles. The van der Waals surface area contributed by atoms with Crippen LogP contribution in [0, 0.1) is 6.92 Å². The van der Waals surface area contributed by atoms with Crippen molar-refractivity contribution in [2.24, 2.45) is 0 Å². The molecule has 5 nitrogen and oxygen atoms in total. The first-order chi connectivity index (χ1) is 9.52. The summed E-state index contributed by atoms with van der Waals surface area (Å²) in [5.74, 6) is 0.0825.